The molecule has 0 bridgehead atoms. The maximum Gasteiger partial charge on any atom is 0.127 e. The minimum absolute atomic E-state index is 0.404. The Morgan fingerprint density at radius 2 is 1.94 bits per heavy atom. The zero-order chi connectivity index (χ0) is 11.7. The molecule has 0 amide bonds. The monoisotopic (exact) mass is 226 g/mol. The first-order valence-corrected chi connectivity index (χ1v) is 5.85. The molecule has 0 atom stereocenters. The number of hydrogen-bond donors (Lipinski definition) is 0. The van der Waals surface area contributed by atoms with Gasteiger partial charge in [-0.25, -0.2) is 9.97 Å². The SMILES string of the molecule is Cc1ccc(OC2CC2)c(-c2cncnc2)c1. The Kier molecular flexibility index (Phi) is 2.52. The van der Waals surface area contributed by atoms with E-state index in [2.05, 4.69) is 29.0 Å². The minimum Gasteiger partial charge on any atom is -0.490 e. The van der Waals surface area contributed by atoms with Crippen molar-refractivity contribution in [1.82, 2.24) is 9.97 Å². The Bertz CT molecular complexity index is 521. The molecule has 3 nitrogen and oxygen atoms in total. The summed E-state index contributed by atoms with van der Waals surface area (Å²) in [5.41, 5.74) is 3.30. The highest BCUT2D eigenvalue weighted by molar-refractivity contribution is 5.69. The normalized spacial score (nSPS) is 14.6. The standard InChI is InChI=1S/C14H14N2O/c1-10-2-5-14(17-12-3-4-12)13(6-10)11-7-15-9-16-8-11/h2,5-9,12H,3-4H2,1H3. The first kappa shape index (κ1) is 10.3. The van der Waals surface area contributed by atoms with Gasteiger partial charge in [-0.2, -0.15) is 0 Å². The van der Waals surface area contributed by atoms with Crippen LogP contribution in [0.2, 0.25) is 0 Å². The van der Waals surface area contributed by atoms with E-state index in [0.717, 1.165) is 16.9 Å². The molecule has 1 aliphatic rings. The summed E-state index contributed by atoms with van der Waals surface area (Å²) in [6.45, 7) is 2.08. The second-order valence-corrected chi connectivity index (χ2v) is 4.44. The van der Waals surface area contributed by atoms with Gasteiger partial charge in [0.15, 0.2) is 0 Å². The lowest BCUT2D eigenvalue weighted by Crippen LogP contribution is -1.98. The molecular formula is C14H14N2O. The van der Waals surface area contributed by atoms with Crippen molar-refractivity contribution >= 4 is 0 Å². The molecule has 0 unspecified atom stereocenters. The van der Waals surface area contributed by atoms with Gasteiger partial charge in [0.05, 0.1) is 6.10 Å². The van der Waals surface area contributed by atoms with Gasteiger partial charge in [-0.3, -0.25) is 0 Å². The lowest BCUT2D eigenvalue weighted by atomic mass is 10.1. The summed E-state index contributed by atoms with van der Waals surface area (Å²) in [4.78, 5) is 8.12. The first-order valence-electron chi connectivity index (χ1n) is 5.85. The predicted molar refractivity (Wildman–Crippen MR) is 65.9 cm³/mol. The van der Waals surface area contributed by atoms with Crippen LogP contribution in [0.1, 0.15) is 18.4 Å². The van der Waals surface area contributed by atoms with Crippen LogP contribution in [0.4, 0.5) is 0 Å². The van der Waals surface area contributed by atoms with Crippen molar-refractivity contribution in [2.24, 2.45) is 0 Å². The van der Waals surface area contributed by atoms with E-state index < -0.39 is 0 Å². The third-order valence-corrected chi connectivity index (χ3v) is 2.82. The van der Waals surface area contributed by atoms with E-state index >= 15 is 0 Å². The summed E-state index contributed by atoms with van der Waals surface area (Å²) in [7, 11) is 0. The van der Waals surface area contributed by atoms with Gasteiger partial charge in [0.25, 0.3) is 0 Å². The molecule has 0 aliphatic heterocycles. The van der Waals surface area contributed by atoms with Gasteiger partial charge in [-0.05, 0) is 31.9 Å². The number of benzene rings is 1. The number of aryl methyl sites for hydroxylation is 1. The van der Waals surface area contributed by atoms with Gasteiger partial charge in [0.1, 0.15) is 12.1 Å². The molecule has 2 aromatic rings. The van der Waals surface area contributed by atoms with Gasteiger partial charge in [-0.1, -0.05) is 11.6 Å². The maximum atomic E-state index is 5.91. The van der Waals surface area contributed by atoms with Crippen LogP contribution in [0, 0.1) is 6.92 Å². The van der Waals surface area contributed by atoms with Gasteiger partial charge in [0, 0.05) is 23.5 Å². The molecule has 3 heteroatoms. The van der Waals surface area contributed by atoms with E-state index in [-0.39, 0.29) is 0 Å². The minimum atomic E-state index is 0.404. The highest BCUT2D eigenvalue weighted by Gasteiger charge is 2.24. The molecule has 0 spiro atoms. The van der Waals surface area contributed by atoms with Crippen molar-refractivity contribution in [3.63, 3.8) is 0 Å². The van der Waals surface area contributed by atoms with Crippen molar-refractivity contribution in [1.29, 1.82) is 0 Å². The average molecular weight is 226 g/mol. The van der Waals surface area contributed by atoms with Crippen LogP contribution in [0.25, 0.3) is 11.1 Å². The summed E-state index contributed by atoms with van der Waals surface area (Å²) >= 11 is 0. The van der Waals surface area contributed by atoms with Gasteiger partial charge in [0.2, 0.25) is 0 Å². The van der Waals surface area contributed by atoms with Gasteiger partial charge >= 0.3 is 0 Å². The third kappa shape index (κ3) is 2.28. The Labute approximate surface area is 100 Å². The van der Waals surface area contributed by atoms with Crippen LogP contribution in [-0.4, -0.2) is 16.1 Å². The molecule has 1 aliphatic carbocycles. The van der Waals surface area contributed by atoms with E-state index in [1.165, 1.54) is 18.4 Å². The molecule has 1 fully saturated rings. The zero-order valence-electron chi connectivity index (χ0n) is 9.76. The van der Waals surface area contributed by atoms with Crippen molar-refractivity contribution in [2.45, 2.75) is 25.9 Å². The van der Waals surface area contributed by atoms with Crippen molar-refractivity contribution < 1.29 is 4.74 Å². The Morgan fingerprint density at radius 3 is 2.65 bits per heavy atom. The number of hydrogen-bond acceptors (Lipinski definition) is 3. The molecule has 86 valence electrons. The fraction of sp³-hybridized carbons (Fsp3) is 0.286. The molecule has 1 heterocycles. The molecule has 1 aromatic carbocycles. The number of nitrogens with zero attached hydrogens (tertiary/aromatic N) is 2. The Morgan fingerprint density at radius 1 is 1.18 bits per heavy atom. The molecule has 0 N–H and O–H groups in total. The van der Waals surface area contributed by atoms with E-state index in [0.29, 0.717) is 6.10 Å². The molecule has 1 saturated carbocycles. The number of aromatic nitrogens is 2. The molecule has 3 rings (SSSR count). The van der Waals surface area contributed by atoms with Crippen LogP contribution >= 0.6 is 0 Å². The summed E-state index contributed by atoms with van der Waals surface area (Å²) in [5, 5.41) is 0. The highest BCUT2D eigenvalue weighted by atomic mass is 16.5. The van der Waals surface area contributed by atoms with E-state index in [9.17, 15) is 0 Å². The second-order valence-electron chi connectivity index (χ2n) is 4.44. The number of ether oxygens (including phenoxy) is 1. The Hall–Kier alpha value is -1.90. The van der Waals surface area contributed by atoms with Crippen LogP contribution < -0.4 is 4.74 Å². The smallest absolute Gasteiger partial charge is 0.127 e. The van der Waals surface area contributed by atoms with Gasteiger partial charge < -0.3 is 4.74 Å². The lowest BCUT2D eigenvalue weighted by Gasteiger charge is -2.11. The van der Waals surface area contributed by atoms with Crippen LogP contribution in [0.15, 0.2) is 36.9 Å². The van der Waals surface area contributed by atoms with E-state index in [4.69, 9.17) is 4.74 Å². The maximum absolute atomic E-state index is 5.91. The fourth-order valence-corrected chi connectivity index (χ4v) is 1.78. The lowest BCUT2D eigenvalue weighted by molar-refractivity contribution is 0.304. The second kappa shape index (κ2) is 4.17. The van der Waals surface area contributed by atoms with E-state index in [1.54, 1.807) is 6.33 Å². The fourth-order valence-electron chi connectivity index (χ4n) is 1.78. The summed E-state index contributed by atoms with van der Waals surface area (Å²) in [6, 6.07) is 6.23. The highest BCUT2D eigenvalue weighted by Crippen LogP contribution is 2.34. The summed E-state index contributed by atoms with van der Waals surface area (Å²) in [5.74, 6) is 0.938. The van der Waals surface area contributed by atoms with Crippen LogP contribution in [0.3, 0.4) is 0 Å². The van der Waals surface area contributed by atoms with E-state index in [1.807, 2.05) is 18.5 Å². The van der Waals surface area contributed by atoms with Crippen molar-refractivity contribution in [3.8, 4) is 16.9 Å². The van der Waals surface area contributed by atoms with Crippen molar-refractivity contribution in [2.75, 3.05) is 0 Å². The van der Waals surface area contributed by atoms with Crippen LogP contribution in [-0.2, 0) is 0 Å². The molecule has 0 saturated heterocycles. The summed E-state index contributed by atoms with van der Waals surface area (Å²) in [6.07, 6.45) is 7.92. The van der Waals surface area contributed by atoms with Gasteiger partial charge in [-0.15, -0.1) is 0 Å². The Balaban J connectivity index is 2.03. The third-order valence-electron chi connectivity index (χ3n) is 2.82. The van der Waals surface area contributed by atoms with Crippen molar-refractivity contribution in [3.05, 3.63) is 42.5 Å². The largest absolute Gasteiger partial charge is 0.490 e. The number of rotatable bonds is 3. The molecule has 1 aromatic heterocycles. The topological polar surface area (TPSA) is 35.0 Å². The summed E-state index contributed by atoms with van der Waals surface area (Å²) < 4.78 is 5.91. The zero-order valence-corrected chi connectivity index (χ0v) is 9.76. The average Bonchev–Trinajstić information content (AvgIpc) is 3.17. The van der Waals surface area contributed by atoms with Crippen LogP contribution in [0.5, 0.6) is 5.75 Å². The molecule has 17 heavy (non-hydrogen) atoms. The molecule has 0 radical (unpaired) electrons. The predicted octanol–water partition coefficient (Wildman–Crippen LogP) is 2.99. The quantitative estimate of drug-likeness (QED) is 0.807. The first-order chi connectivity index (χ1) is 8.33. The molecular weight excluding hydrogens is 212 g/mol.